The molecular weight excluding hydrogens is 466 g/mol. The SMILES string of the molecule is Cc1c(OO)cc(C(=O)C(C)NC=O)c(CNC(=O)c2ccc(C(N)=S)cc2)c1C1CCCCC1. The average Bonchev–Trinajstić information content (AvgIpc) is 2.87. The fourth-order valence-electron chi connectivity index (χ4n) is 4.75. The minimum atomic E-state index is -0.789. The summed E-state index contributed by atoms with van der Waals surface area (Å²) in [7, 11) is 0. The lowest BCUT2D eigenvalue weighted by Gasteiger charge is -2.29. The minimum absolute atomic E-state index is 0.100. The second-order valence-corrected chi connectivity index (χ2v) is 9.30. The summed E-state index contributed by atoms with van der Waals surface area (Å²) < 4.78 is 0. The fraction of sp³-hybridized carbons (Fsp3) is 0.385. The number of hydrogen-bond acceptors (Lipinski definition) is 6. The van der Waals surface area contributed by atoms with E-state index in [1.54, 1.807) is 31.2 Å². The topological polar surface area (TPSA) is 131 Å². The third-order valence-corrected chi connectivity index (χ3v) is 6.88. The van der Waals surface area contributed by atoms with E-state index in [9.17, 15) is 19.6 Å². The molecule has 0 radical (unpaired) electrons. The fourth-order valence-corrected chi connectivity index (χ4v) is 4.88. The lowest BCUT2D eigenvalue weighted by molar-refractivity contribution is -0.138. The Morgan fingerprint density at radius 2 is 1.83 bits per heavy atom. The second-order valence-electron chi connectivity index (χ2n) is 8.86. The number of rotatable bonds is 10. The van der Waals surface area contributed by atoms with Crippen LogP contribution in [0.4, 0.5) is 0 Å². The quantitative estimate of drug-likeness (QED) is 0.129. The first-order valence-electron chi connectivity index (χ1n) is 11.7. The van der Waals surface area contributed by atoms with Gasteiger partial charge in [-0.2, -0.15) is 0 Å². The molecule has 2 aromatic rings. The molecule has 5 N–H and O–H groups in total. The second kappa shape index (κ2) is 11.9. The Morgan fingerprint density at radius 3 is 2.40 bits per heavy atom. The summed E-state index contributed by atoms with van der Waals surface area (Å²) in [5, 5.41) is 14.9. The number of carbonyl (C=O) groups is 3. The van der Waals surface area contributed by atoms with Crippen molar-refractivity contribution >= 4 is 35.3 Å². The van der Waals surface area contributed by atoms with Gasteiger partial charge in [-0.1, -0.05) is 43.6 Å². The highest BCUT2D eigenvalue weighted by Gasteiger charge is 2.29. The Balaban J connectivity index is 2.02. The van der Waals surface area contributed by atoms with Crippen molar-refractivity contribution in [3.8, 4) is 5.75 Å². The van der Waals surface area contributed by atoms with Crippen LogP contribution in [0.3, 0.4) is 0 Å². The molecule has 35 heavy (non-hydrogen) atoms. The van der Waals surface area contributed by atoms with Gasteiger partial charge in [0.15, 0.2) is 11.5 Å². The Hall–Kier alpha value is -3.30. The highest BCUT2D eigenvalue weighted by atomic mass is 32.1. The number of benzene rings is 2. The van der Waals surface area contributed by atoms with E-state index in [-0.39, 0.29) is 34.9 Å². The lowest BCUT2D eigenvalue weighted by Crippen LogP contribution is -2.34. The molecular formula is C26H31N3O5S. The molecule has 1 saturated carbocycles. The van der Waals surface area contributed by atoms with E-state index >= 15 is 0 Å². The van der Waals surface area contributed by atoms with Crippen molar-refractivity contribution < 1.29 is 24.5 Å². The number of amides is 2. The van der Waals surface area contributed by atoms with Gasteiger partial charge in [0.25, 0.3) is 5.91 Å². The van der Waals surface area contributed by atoms with Gasteiger partial charge < -0.3 is 21.3 Å². The van der Waals surface area contributed by atoms with Gasteiger partial charge >= 0.3 is 0 Å². The Kier molecular flexibility index (Phi) is 8.95. The molecule has 0 bridgehead atoms. The highest BCUT2D eigenvalue weighted by molar-refractivity contribution is 7.80. The predicted octanol–water partition coefficient (Wildman–Crippen LogP) is 3.78. The first-order valence-corrected chi connectivity index (χ1v) is 12.1. The van der Waals surface area contributed by atoms with Crippen LogP contribution >= 0.6 is 12.2 Å². The van der Waals surface area contributed by atoms with Crippen LogP contribution in [0.2, 0.25) is 0 Å². The molecule has 3 rings (SSSR count). The number of nitrogens with two attached hydrogens (primary N) is 1. The molecule has 8 nitrogen and oxygen atoms in total. The van der Waals surface area contributed by atoms with Crippen LogP contribution in [0, 0.1) is 6.92 Å². The van der Waals surface area contributed by atoms with Crippen molar-refractivity contribution in [3.63, 3.8) is 0 Å². The zero-order chi connectivity index (χ0) is 25.5. The van der Waals surface area contributed by atoms with Crippen LogP contribution < -0.4 is 21.3 Å². The van der Waals surface area contributed by atoms with E-state index in [2.05, 4.69) is 15.5 Å². The average molecular weight is 498 g/mol. The molecule has 2 amide bonds. The first-order chi connectivity index (χ1) is 16.8. The minimum Gasteiger partial charge on any atom is -0.389 e. The molecule has 0 saturated heterocycles. The van der Waals surface area contributed by atoms with E-state index in [4.69, 9.17) is 18.0 Å². The molecule has 0 aliphatic heterocycles. The summed E-state index contributed by atoms with van der Waals surface area (Å²) in [6.07, 6.45) is 5.61. The van der Waals surface area contributed by atoms with E-state index in [0.29, 0.717) is 28.7 Å². The van der Waals surface area contributed by atoms with E-state index in [1.165, 1.54) is 6.07 Å². The molecule has 1 atom stereocenters. The first kappa shape index (κ1) is 26.3. The van der Waals surface area contributed by atoms with Gasteiger partial charge in [0, 0.05) is 23.2 Å². The summed E-state index contributed by atoms with van der Waals surface area (Å²) in [6.45, 7) is 3.53. The monoisotopic (exact) mass is 497 g/mol. The number of hydrogen-bond donors (Lipinski definition) is 4. The molecule has 0 heterocycles. The lowest BCUT2D eigenvalue weighted by atomic mass is 9.78. The summed E-state index contributed by atoms with van der Waals surface area (Å²) in [6, 6.07) is 7.34. The Bertz CT molecular complexity index is 1110. The molecule has 0 aromatic heterocycles. The van der Waals surface area contributed by atoms with Gasteiger partial charge in [0.1, 0.15) is 4.99 Å². The molecule has 9 heteroatoms. The summed E-state index contributed by atoms with van der Waals surface area (Å²) >= 11 is 4.96. The van der Waals surface area contributed by atoms with Crippen LogP contribution in [-0.4, -0.2) is 34.4 Å². The van der Waals surface area contributed by atoms with E-state index in [1.807, 2.05) is 6.92 Å². The molecule has 1 aliphatic carbocycles. The van der Waals surface area contributed by atoms with Crippen LogP contribution in [0.1, 0.15) is 87.9 Å². The normalized spacial score (nSPS) is 14.6. The van der Waals surface area contributed by atoms with Gasteiger partial charge in [-0.05, 0) is 67.5 Å². The molecule has 2 aromatic carbocycles. The molecule has 0 spiro atoms. The highest BCUT2D eigenvalue weighted by Crippen LogP contribution is 2.41. The van der Waals surface area contributed by atoms with Gasteiger partial charge in [-0.3, -0.25) is 14.4 Å². The van der Waals surface area contributed by atoms with Crippen molar-refractivity contribution in [2.45, 2.75) is 64.5 Å². The molecule has 186 valence electrons. The number of thiocarbonyl (C=S) groups is 1. The van der Waals surface area contributed by atoms with Crippen molar-refractivity contribution in [2.75, 3.05) is 0 Å². The largest absolute Gasteiger partial charge is 0.389 e. The third-order valence-electron chi connectivity index (χ3n) is 6.65. The van der Waals surface area contributed by atoms with Crippen LogP contribution in [0.25, 0.3) is 0 Å². The third kappa shape index (κ3) is 6.04. The molecule has 1 aliphatic rings. The van der Waals surface area contributed by atoms with Gasteiger partial charge in [0.2, 0.25) is 6.41 Å². The standard InChI is InChI=1S/C26H31N3O5S/c1-15-22(34-33)12-20(24(31)16(2)29-14-30)21(23(15)17-6-4-3-5-7-17)13-28-26(32)19-10-8-18(9-11-19)25(27)35/h8-12,14,16-17,33H,3-7,13H2,1-2H3,(H2,27,35)(H,28,32)(H,29,30). The number of Topliss-reactive ketones (excluding diaryl/α,β-unsaturated/α-hetero) is 1. The van der Waals surface area contributed by atoms with E-state index in [0.717, 1.165) is 43.2 Å². The maximum atomic E-state index is 13.3. The zero-order valence-electron chi connectivity index (χ0n) is 19.9. The van der Waals surface area contributed by atoms with Crippen molar-refractivity contribution in [2.24, 2.45) is 5.73 Å². The van der Waals surface area contributed by atoms with Crippen LogP contribution in [-0.2, 0) is 11.3 Å². The van der Waals surface area contributed by atoms with Gasteiger partial charge in [-0.15, -0.1) is 0 Å². The smallest absolute Gasteiger partial charge is 0.251 e. The Labute approximate surface area is 210 Å². The summed E-state index contributed by atoms with van der Waals surface area (Å²) in [4.78, 5) is 42.1. The summed E-state index contributed by atoms with van der Waals surface area (Å²) in [5.41, 5.74) is 9.34. The zero-order valence-corrected chi connectivity index (χ0v) is 20.7. The van der Waals surface area contributed by atoms with Crippen molar-refractivity contribution in [1.82, 2.24) is 10.6 Å². The van der Waals surface area contributed by atoms with Gasteiger partial charge in [0.05, 0.1) is 6.04 Å². The summed E-state index contributed by atoms with van der Waals surface area (Å²) in [5.74, 6) is -0.295. The Morgan fingerprint density at radius 1 is 1.20 bits per heavy atom. The number of carbonyl (C=O) groups excluding carboxylic acids is 3. The maximum Gasteiger partial charge on any atom is 0.251 e. The van der Waals surface area contributed by atoms with Crippen LogP contribution in [0.15, 0.2) is 30.3 Å². The van der Waals surface area contributed by atoms with E-state index < -0.39 is 6.04 Å². The van der Waals surface area contributed by atoms with Gasteiger partial charge in [-0.25, -0.2) is 5.26 Å². The number of ketones is 1. The van der Waals surface area contributed by atoms with Crippen LogP contribution in [0.5, 0.6) is 5.75 Å². The van der Waals surface area contributed by atoms with Crippen molar-refractivity contribution in [3.05, 3.63) is 63.7 Å². The molecule has 1 fully saturated rings. The molecule has 1 unspecified atom stereocenters. The van der Waals surface area contributed by atoms with Crippen molar-refractivity contribution in [1.29, 1.82) is 0 Å². The number of nitrogens with one attached hydrogen (secondary N) is 2. The maximum absolute atomic E-state index is 13.3. The predicted molar refractivity (Wildman–Crippen MR) is 137 cm³/mol.